The Morgan fingerprint density at radius 3 is 1.14 bits per heavy atom. The van der Waals surface area contributed by atoms with Crippen molar-refractivity contribution in [1.29, 1.82) is 0 Å². The first kappa shape index (κ1) is 14.4. The third-order valence-electron chi connectivity index (χ3n) is 1.10. The monoisotopic (exact) mass is 286 g/mol. The van der Waals surface area contributed by atoms with E-state index in [0.717, 1.165) is 0 Å². The van der Waals surface area contributed by atoms with E-state index < -0.39 is 53.5 Å². The predicted octanol–water partition coefficient (Wildman–Crippen LogP) is -1.47. The van der Waals surface area contributed by atoms with Gasteiger partial charge in [0.25, 0.3) is 3.41 Å². The molecule has 0 rings (SSSR count). The minimum absolute atomic E-state index is 1.26. The Bertz CT molecular complexity index is 272. The molecule has 0 saturated carbocycles. The Morgan fingerprint density at radius 1 is 0.786 bits per heavy atom. The standard InChI is InChI=1S/C2H6O8S4/c3-11(4)1-2(12(5)6,13(7)8)14(9)10/h1H2,(H,3,4)(H,5,6)(H,7,8)(H,9,10). The van der Waals surface area contributed by atoms with Gasteiger partial charge in [-0.05, 0) is 0 Å². The van der Waals surface area contributed by atoms with Gasteiger partial charge in [-0.1, -0.05) is 0 Å². The van der Waals surface area contributed by atoms with Crippen LogP contribution in [-0.2, 0) is 44.3 Å². The highest BCUT2D eigenvalue weighted by molar-refractivity contribution is 8.16. The van der Waals surface area contributed by atoms with Gasteiger partial charge in [-0.25, -0.2) is 16.8 Å². The van der Waals surface area contributed by atoms with Crippen LogP contribution in [0.15, 0.2) is 0 Å². The van der Waals surface area contributed by atoms with Gasteiger partial charge in [-0.3, -0.25) is 0 Å². The lowest BCUT2D eigenvalue weighted by atomic mass is 10.9. The lowest BCUT2D eigenvalue weighted by Crippen LogP contribution is -2.47. The van der Waals surface area contributed by atoms with Crippen LogP contribution in [0.5, 0.6) is 0 Å². The number of hydrogen-bond donors (Lipinski definition) is 4. The molecule has 0 heterocycles. The van der Waals surface area contributed by atoms with Gasteiger partial charge >= 0.3 is 0 Å². The molecule has 0 aliphatic rings. The smallest absolute Gasteiger partial charge is 0.283 e. The van der Waals surface area contributed by atoms with Crippen LogP contribution in [0.3, 0.4) is 0 Å². The molecule has 4 unspecified atom stereocenters. The van der Waals surface area contributed by atoms with E-state index in [4.69, 9.17) is 18.2 Å². The molecule has 0 fully saturated rings. The minimum atomic E-state index is -3.20. The molecule has 8 nitrogen and oxygen atoms in total. The number of rotatable bonds is 5. The molecule has 0 saturated heterocycles. The first-order chi connectivity index (χ1) is 6.25. The summed E-state index contributed by atoms with van der Waals surface area (Å²) in [6.45, 7) is 0. The highest BCUT2D eigenvalue weighted by Gasteiger charge is 2.51. The van der Waals surface area contributed by atoms with Crippen LogP contribution in [0, 0.1) is 0 Å². The zero-order valence-corrected chi connectivity index (χ0v) is 9.53. The molecule has 0 radical (unpaired) electrons. The Kier molecular flexibility index (Phi) is 5.68. The average Bonchev–Trinajstić information content (AvgIpc) is 1.97. The van der Waals surface area contributed by atoms with Crippen molar-refractivity contribution in [3.8, 4) is 0 Å². The molecular formula is C2H6O8S4. The molecular weight excluding hydrogens is 280 g/mol. The molecule has 0 aliphatic carbocycles. The van der Waals surface area contributed by atoms with E-state index in [9.17, 15) is 16.8 Å². The zero-order chi connectivity index (χ0) is 11.5. The topological polar surface area (TPSA) is 149 Å². The van der Waals surface area contributed by atoms with Gasteiger partial charge in [0.05, 0.1) is 5.75 Å². The van der Waals surface area contributed by atoms with Gasteiger partial charge in [0, 0.05) is 0 Å². The van der Waals surface area contributed by atoms with E-state index in [0.29, 0.717) is 0 Å². The van der Waals surface area contributed by atoms with Crippen LogP contribution in [0.25, 0.3) is 0 Å². The van der Waals surface area contributed by atoms with Crippen LogP contribution >= 0.6 is 0 Å². The Morgan fingerprint density at radius 2 is 1.07 bits per heavy atom. The second-order valence-corrected chi connectivity index (χ2v) is 7.19. The van der Waals surface area contributed by atoms with Gasteiger partial charge < -0.3 is 18.2 Å². The third kappa shape index (κ3) is 2.96. The predicted molar refractivity (Wildman–Crippen MR) is 50.7 cm³/mol. The molecule has 0 aromatic rings. The van der Waals surface area contributed by atoms with Crippen molar-refractivity contribution in [3.63, 3.8) is 0 Å². The maximum Gasteiger partial charge on any atom is 0.283 e. The zero-order valence-electron chi connectivity index (χ0n) is 6.26. The molecule has 14 heavy (non-hydrogen) atoms. The van der Waals surface area contributed by atoms with Crippen molar-refractivity contribution in [1.82, 2.24) is 0 Å². The van der Waals surface area contributed by atoms with Crippen molar-refractivity contribution < 1.29 is 35.0 Å². The molecule has 12 heteroatoms. The summed E-state index contributed by atoms with van der Waals surface area (Å²) in [5, 5.41) is 0. The largest absolute Gasteiger partial charge is 0.306 e. The summed E-state index contributed by atoms with van der Waals surface area (Å²) in [7, 11) is 0. The molecule has 0 aromatic carbocycles. The Labute approximate surface area is 88.6 Å². The van der Waals surface area contributed by atoms with Crippen LogP contribution < -0.4 is 0 Å². The summed E-state index contributed by atoms with van der Waals surface area (Å²) in [6.07, 6.45) is 0. The molecule has 86 valence electrons. The third-order valence-corrected chi connectivity index (χ3v) is 6.92. The van der Waals surface area contributed by atoms with Crippen LogP contribution in [0.2, 0.25) is 0 Å². The van der Waals surface area contributed by atoms with E-state index in [1.54, 1.807) is 0 Å². The molecule has 0 spiro atoms. The maximum atomic E-state index is 10.6. The van der Waals surface area contributed by atoms with E-state index in [-0.39, 0.29) is 0 Å². The Balaban J connectivity index is 5.38. The molecule has 0 aromatic heterocycles. The summed E-state index contributed by atoms with van der Waals surface area (Å²) in [6, 6.07) is 0. The highest BCUT2D eigenvalue weighted by Crippen LogP contribution is 2.22. The van der Waals surface area contributed by atoms with Crippen molar-refractivity contribution >= 4 is 44.3 Å². The summed E-state index contributed by atoms with van der Waals surface area (Å²) in [4.78, 5) is 0. The van der Waals surface area contributed by atoms with Crippen molar-refractivity contribution in [2.24, 2.45) is 0 Å². The van der Waals surface area contributed by atoms with Crippen molar-refractivity contribution in [2.75, 3.05) is 5.75 Å². The summed E-state index contributed by atoms with van der Waals surface area (Å²) < 4.78 is 73.2. The second kappa shape index (κ2) is 5.50. The fourth-order valence-corrected chi connectivity index (χ4v) is 4.37. The molecule has 4 N–H and O–H groups in total. The summed E-state index contributed by atoms with van der Waals surface area (Å²) in [5.74, 6) is -1.26. The maximum absolute atomic E-state index is 10.6. The van der Waals surface area contributed by atoms with E-state index in [1.165, 1.54) is 0 Å². The Hall–Kier alpha value is 0.440. The second-order valence-electron chi connectivity index (χ2n) is 1.90. The fourth-order valence-electron chi connectivity index (χ4n) is 0.485. The molecule has 0 amide bonds. The van der Waals surface area contributed by atoms with Crippen LogP contribution in [-0.4, -0.2) is 44.2 Å². The fraction of sp³-hybridized carbons (Fsp3) is 1.00. The van der Waals surface area contributed by atoms with Gasteiger partial charge in [0.15, 0.2) is 44.3 Å². The van der Waals surface area contributed by atoms with Gasteiger partial charge in [0.2, 0.25) is 0 Å². The molecule has 0 bridgehead atoms. The first-order valence-electron chi connectivity index (χ1n) is 2.65. The average molecular weight is 286 g/mol. The van der Waals surface area contributed by atoms with Crippen LogP contribution in [0.1, 0.15) is 0 Å². The van der Waals surface area contributed by atoms with Crippen LogP contribution in [0.4, 0.5) is 0 Å². The van der Waals surface area contributed by atoms with Gasteiger partial charge in [-0.15, -0.1) is 0 Å². The molecule has 0 aliphatic heterocycles. The first-order valence-corrected chi connectivity index (χ1v) is 7.25. The van der Waals surface area contributed by atoms with Crippen molar-refractivity contribution in [3.05, 3.63) is 0 Å². The summed E-state index contributed by atoms with van der Waals surface area (Å²) >= 11 is -12.3. The normalized spacial score (nSPS) is 24.6. The van der Waals surface area contributed by atoms with Gasteiger partial charge in [-0.2, -0.15) is 0 Å². The lowest BCUT2D eigenvalue weighted by molar-refractivity contribution is 0.510. The SMILES string of the molecule is O=S(O)CC(S(=O)O)(S(=O)O)S(=O)O. The highest BCUT2D eigenvalue weighted by atomic mass is 32.3. The summed E-state index contributed by atoms with van der Waals surface area (Å²) in [5.41, 5.74) is 0. The number of hydrogen-bond acceptors (Lipinski definition) is 4. The quantitative estimate of drug-likeness (QED) is 0.447. The minimum Gasteiger partial charge on any atom is -0.306 e. The van der Waals surface area contributed by atoms with Crippen molar-refractivity contribution in [2.45, 2.75) is 3.41 Å². The van der Waals surface area contributed by atoms with E-state index in [2.05, 4.69) is 0 Å². The lowest BCUT2D eigenvalue weighted by Gasteiger charge is -2.19. The van der Waals surface area contributed by atoms with Gasteiger partial charge in [0.1, 0.15) is 0 Å². The van der Waals surface area contributed by atoms with E-state index >= 15 is 0 Å². The molecule has 4 atom stereocenters. The van der Waals surface area contributed by atoms with E-state index in [1.807, 2.05) is 0 Å².